The van der Waals surface area contributed by atoms with Crippen molar-refractivity contribution in [1.82, 2.24) is 5.32 Å². The van der Waals surface area contributed by atoms with Gasteiger partial charge >= 0.3 is 18.0 Å². The largest absolute Gasteiger partial charge is 0.481 e. The first kappa shape index (κ1) is 24.7. The Morgan fingerprint density at radius 2 is 1.61 bits per heavy atom. The number of alkyl carbamates (subject to hydrolysis) is 1. The Bertz CT molecular complexity index is 722. The zero-order valence-corrected chi connectivity index (χ0v) is 18.8. The van der Waals surface area contributed by atoms with Gasteiger partial charge in [-0.25, -0.2) is 4.79 Å². The lowest BCUT2D eigenvalue weighted by Crippen LogP contribution is -2.33. The number of carbonyl (C=O) groups is 3. The monoisotopic (exact) mass is 433 g/mol. The second kappa shape index (κ2) is 12.3. The minimum atomic E-state index is -0.738. The molecule has 31 heavy (non-hydrogen) atoms. The third kappa shape index (κ3) is 8.59. The SMILES string of the molecule is CC(C)Cc1ccc(C(C)C(=O)OCCOC(=O)NCC2CCC(C(=O)O)CC2)cc1. The van der Waals surface area contributed by atoms with Crippen molar-refractivity contribution < 1.29 is 29.0 Å². The molecule has 1 fully saturated rings. The molecule has 0 spiro atoms. The van der Waals surface area contributed by atoms with Gasteiger partial charge in [-0.3, -0.25) is 9.59 Å². The summed E-state index contributed by atoms with van der Waals surface area (Å²) in [7, 11) is 0. The van der Waals surface area contributed by atoms with E-state index >= 15 is 0 Å². The summed E-state index contributed by atoms with van der Waals surface area (Å²) in [5.41, 5.74) is 2.14. The molecule has 1 amide bonds. The molecule has 0 bridgehead atoms. The molecule has 1 aliphatic rings. The number of carbonyl (C=O) groups excluding carboxylic acids is 2. The smallest absolute Gasteiger partial charge is 0.407 e. The normalized spacial score (nSPS) is 19.5. The van der Waals surface area contributed by atoms with Gasteiger partial charge in [0.25, 0.3) is 0 Å². The topological polar surface area (TPSA) is 102 Å². The summed E-state index contributed by atoms with van der Waals surface area (Å²) < 4.78 is 10.3. The van der Waals surface area contributed by atoms with Gasteiger partial charge in [0.15, 0.2) is 0 Å². The van der Waals surface area contributed by atoms with E-state index in [0.29, 0.717) is 25.3 Å². The van der Waals surface area contributed by atoms with Crippen LogP contribution < -0.4 is 5.32 Å². The number of hydrogen-bond donors (Lipinski definition) is 2. The zero-order valence-electron chi connectivity index (χ0n) is 18.8. The Kier molecular flexibility index (Phi) is 9.82. The van der Waals surface area contributed by atoms with E-state index in [2.05, 4.69) is 19.2 Å². The van der Waals surface area contributed by atoms with Crippen LogP contribution in [0.2, 0.25) is 0 Å². The molecule has 1 unspecified atom stereocenters. The van der Waals surface area contributed by atoms with Crippen LogP contribution in [-0.2, 0) is 25.5 Å². The molecular formula is C24H35NO6. The van der Waals surface area contributed by atoms with Crippen LogP contribution in [-0.4, -0.2) is 42.9 Å². The van der Waals surface area contributed by atoms with E-state index < -0.39 is 12.1 Å². The summed E-state index contributed by atoms with van der Waals surface area (Å²) in [4.78, 5) is 35.0. The lowest BCUT2D eigenvalue weighted by atomic mass is 9.82. The van der Waals surface area contributed by atoms with E-state index in [1.165, 1.54) is 5.56 Å². The van der Waals surface area contributed by atoms with Crippen LogP contribution in [0.25, 0.3) is 0 Å². The highest BCUT2D eigenvalue weighted by Gasteiger charge is 2.26. The number of benzene rings is 1. The second-order valence-corrected chi connectivity index (χ2v) is 8.80. The maximum absolute atomic E-state index is 12.2. The number of carboxylic acid groups (broad SMARTS) is 1. The van der Waals surface area contributed by atoms with Crippen molar-refractivity contribution in [3.63, 3.8) is 0 Å². The zero-order chi connectivity index (χ0) is 22.8. The minimum Gasteiger partial charge on any atom is -0.481 e. The van der Waals surface area contributed by atoms with Gasteiger partial charge in [0.2, 0.25) is 0 Å². The number of esters is 1. The van der Waals surface area contributed by atoms with Gasteiger partial charge in [-0.05, 0) is 62.0 Å². The first-order chi connectivity index (χ1) is 14.8. The molecule has 172 valence electrons. The number of carboxylic acids is 1. The third-order valence-electron chi connectivity index (χ3n) is 5.77. The molecule has 0 aromatic heterocycles. The van der Waals surface area contributed by atoms with Gasteiger partial charge in [-0.1, -0.05) is 38.1 Å². The van der Waals surface area contributed by atoms with E-state index in [0.717, 1.165) is 24.8 Å². The third-order valence-corrected chi connectivity index (χ3v) is 5.77. The van der Waals surface area contributed by atoms with Crippen LogP contribution >= 0.6 is 0 Å². The van der Waals surface area contributed by atoms with Crippen molar-refractivity contribution in [2.75, 3.05) is 19.8 Å². The summed E-state index contributed by atoms with van der Waals surface area (Å²) in [6.45, 7) is 6.60. The molecule has 1 saturated carbocycles. The molecule has 2 N–H and O–H groups in total. The fourth-order valence-corrected chi connectivity index (χ4v) is 3.84. The van der Waals surface area contributed by atoms with Gasteiger partial charge < -0.3 is 19.9 Å². The van der Waals surface area contributed by atoms with Crippen molar-refractivity contribution in [1.29, 1.82) is 0 Å². The first-order valence-corrected chi connectivity index (χ1v) is 11.1. The van der Waals surface area contributed by atoms with E-state index in [-0.39, 0.29) is 36.9 Å². The number of hydrogen-bond acceptors (Lipinski definition) is 5. The summed E-state index contributed by atoms with van der Waals surface area (Å²) in [5.74, 6) is -0.888. The van der Waals surface area contributed by atoms with Gasteiger partial charge in [-0.2, -0.15) is 0 Å². The number of ether oxygens (including phenoxy) is 2. The first-order valence-electron chi connectivity index (χ1n) is 11.1. The van der Waals surface area contributed by atoms with Crippen molar-refractivity contribution in [3.05, 3.63) is 35.4 Å². The van der Waals surface area contributed by atoms with Crippen molar-refractivity contribution in [2.24, 2.45) is 17.8 Å². The van der Waals surface area contributed by atoms with Gasteiger partial charge in [0, 0.05) is 6.54 Å². The van der Waals surface area contributed by atoms with E-state index in [9.17, 15) is 14.4 Å². The highest BCUT2D eigenvalue weighted by Crippen LogP contribution is 2.28. The molecule has 1 aromatic carbocycles. The number of rotatable bonds is 10. The number of nitrogens with one attached hydrogen (secondary N) is 1. The molecule has 7 nitrogen and oxygen atoms in total. The fraction of sp³-hybridized carbons (Fsp3) is 0.625. The van der Waals surface area contributed by atoms with Gasteiger partial charge in [-0.15, -0.1) is 0 Å². The number of aliphatic carboxylic acids is 1. The highest BCUT2D eigenvalue weighted by atomic mass is 16.6. The Balaban J connectivity index is 1.60. The number of amides is 1. The molecule has 0 radical (unpaired) electrons. The molecule has 0 aliphatic heterocycles. The standard InChI is InChI=1S/C24H35NO6/c1-16(2)14-18-4-8-20(9-5-18)17(3)23(28)30-12-13-31-24(29)25-15-19-6-10-21(11-7-19)22(26)27/h4-5,8-9,16-17,19,21H,6-7,10-15H2,1-3H3,(H,25,29)(H,26,27). The quantitative estimate of drug-likeness (QED) is 0.425. The Morgan fingerprint density at radius 3 is 2.19 bits per heavy atom. The van der Waals surface area contributed by atoms with E-state index in [4.69, 9.17) is 14.6 Å². The molecule has 1 aromatic rings. The van der Waals surface area contributed by atoms with Crippen LogP contribution in [0.4, 0.5) is 4.79 Å². The highest BCUT2D eigenvalue weighted by molar-refractivity contribution is 5.77. The molecule has 0 saturated heterocycles. The van der Waals surface area contributed by atoms with E-state index in [1.807, 2.05) is 24.3 Å². The van der Waals surface area contributed by atoms with Gasteiger partial charge in [0.05, 0.1) is 11.8 Å². The summed E-state index contributed by atoms with van der Waals surface area (Å²) in [6.07, 6.45) is 3.31. The summed E-state index contributed by atoms with van der Waals surface area (Å²) in [5, 5.41) is 11.7. The van der Waals surface area contributed by atoms with Crippen LogP contribution in [0, 0.1) is 17.8 Å². The Morgan fingerprint density at radius 1 is 1.00 bits per heavy atom. The van der Waals surface area contributed by atoms with Crippen molar-refractivity contribution >= 4 is 18.0 Å². The van der Waals surface area contributed by atoms with Crippen LogP contribution in [0.15, 0.2) is 24.3 Å². The van der Waals surface area contributed by atoms with Crippen molar-refractivity contribution in [3.8, 4) is 0 Å². The molecule has 2 rings (SSSR count). The van der Waals surface area contributed by atoms with E-state index in [1.54, 1.807) is 6.92 Å². The lowest BCUT2D eigenvalue weighted by Gasteiger charge is -2.25. The Hall–Kier alpha value is -2.57. The second-order valence-electron chi connectivity index (χ2n) is 8.80. The predicted octanol–water partition coefficient (Wildman–Crippen LogP) is 4.15. The lowest BCUT2D eigenvalue weighted by molar-refractivity contribution is -0.146. The van der Waals surface area contributed by atoms with Crippen molar-refractivity contribution in [2.45, 2.75) is 58.8 Å². The predicted molar refractivity (Wildman–Crippen MR) is 117 cm³/mol. The van der Waals surface area contributed by atoms with Crippen LogP contribution in [0.5, 0.6) is 0 Å². The molecule has 7 heteroatoms. The fourth-order valence-electron chi connectivity index (χ4n) is 3.84. The summed E-state index contributed by atoms with van der Waals surface area (Å²) >= 11 is 0. The summed E-state index contributed by atoms with van der Waals surface area (Å²) in [6, 6.07) is 8.00. The maximum atomic E-state index is 12.2. The average Bonchev–Trinajstić information content (AvgIpc) is 2.75. The molecule has 0 heterocycles. The maximum Gasteiger partial charge on any atom is 0.407 e. The molecule has 1 atom stereocenters. The molecule has 1 aliphatic carbocycles. The van der Waals surface area contributed by atoms with Gasteiger partial charge in [0.1, 0.15) is 13.2 Å². The molecular weight excluding hydrogens is 398 g/mol. The Labute approximate surface area is 184 Å². The minimum absolute atomic E-state index is 0.00570. The van der Waals surface area contributed by atoms with Crippen LogP contribution in [0.3, 0.4) is 0 Å². The average molecular weight is 434 g/mol. The van der Waals surface area contributed by atoms with Crippen LogP contribution in [0.1, 0.15) is 63.5 Å².